The topological polar surface area (TPSA) is 53.2 Å². The zero-order valence-corrected chi connectivity index (χ0v) is 10.9. The SMILES string of the molecule is C=CC(F)(F)c1ccccc1Oc1ccc(C#N)cc1O. The van der Waals surface area contributed by atoms with E-state index >= 15 is 0 Å². The highest BCUT2D eigenvalue weighted by atomic mass is 19.3. The van der Waals surface area contributed by atoms with Gasteiger partial charge in [-0.1, -0.05) is 18.7 Å². The van der Waals surface area contributed by atoms with Crippen LogP contribution in [0, 0.1) is 11.3 Å². The number of para-hydroxylation sites is 1. The van der Waals surface area contributed by atoms with Crippen LogP contribution in [-0.2, 0) is 5.92 Å². The van der Waals surface area contributed by atoms with Gasteiger partial charge in [0, 0.05) is 6.07 Å². The summed E-state index contributed by atoms with van der Waals surface area (Å²) < 4.78 is 32.9. The number of hydrogen-bond donors (Lipinski definition) is 1. The maximum atomic E-state index is 13.8. The number of allylic oxidation sites excluding steroid dienone is 1. The highest BCUT2D eigenvalue weighted by Gasteiger charge is 2.31. The van der Waals surface area contributed by atoms with Gasteiger partial charge in [0.2, 0.25) is 0 Å². The van der Waals surface area contributed by atoms with E-state index in [4.69, 9.17) is 10.00 Å². The Kier molecular flexibility index (Phi) is 3.90. The second kappa shape index (κ2) is 5.63. The van der Waals surface area contributed by atoms with E-state index in [-0.39, 0.29) is 28.4 Å². The molecule has 1 N–H and O–H groups in total. The van der Waals surface area contributed by atoms with E-state index in [1.807, 2.05) is 6.07 Å². The highest BCUT2D eigenvalue weighted by molar-refractivity contribution is 5.49. The normalized spacial score (nSPS) is 10.7. The number of aromatic hydroxyl groups is 1. The van der Waals surface area contributed by atoms with Crippen molar-refractivity contribution in [1.29, 1.82) is 5.26 Å². The summed E-state index contributed by atoms with van der Waals surface area (Å²) in [7, 11) is 0. The maximum Gasteiger partial charge on any atom is 0.295 e. The lowest BCUT2D eigenvalue weighted by Crippen LogP contribution is -2.10. The summed E-state index contributed by atoms with van der Waals surface area (Å²) in [6.45, 7) is 3.11. The van der Waals surface area contributed by atoms with Crippen molar-refractivity contribution in [2.45, 2.75) is 5.92 Å². The molecular formula is C16H11F2NO2. The first kappa shape index (κ1) is 14.5. The summed E-state index contributed by atoms with van der Waals surface area (Å²) in [6, 6.07) is 11.4. The van der Waals surface area contributed by atoms with Crippen LogP contribution < -0.4 is 4.74 Å². The number of hydrogen-bond acceptors (Lipinski definition) is 3. The zero-order valence-electron chi connectivity index (χ0n) is 10.9. The van der Waals surface area contributed by atoms with E-state index in [2.05, 4.69) is 6.58 Å². The Morgan fingerprint density at radius 2 is 1.90 bits per heavy atom. The number of phenolic OH excluding ortho intramolecular Hbond substituents is 1. The van der Waals surface area contributed by atoms with Gasteiger partial charge >= 0.3 is 0 Å². The molecule has 2 aromatic carbocycles. The number of ether oxygens (including phenoxy) is 1. The van der Waals surface area contributed by atoms with Crippen LogP contribution in [0.5, 0.6) is 17.2 Å². The molecular weight excluding hydrogens is 276 g/mol. The Morgan fingerprint density at radius 3 is 2.52 bits per heavy atom. The summed E-state index contributed by atoms with van der Waals surface area (Å²) in [5.41, 5.74) is -0.117. The van der Waals surface area contributed by atoms with E-state index in [0.717, 1.165) is 0 Å². The van der Waals surface area contributed by atoms with Crippen LogP contribution in [0.4, 0.5) is 8.78 Å². The van der Waals surface area contributed by atoms with Crippen molar-refractivity contribution in [2.75, 3.05) is 0 Å². The number of rotatable bonds is 4. The molecule has 0 radical (unpaired) electrons. The van der Waals surface area contributed by atoms with Crippen LogP contribution in [0.1, 0.15) is 11.1 Å². The van der Waals surface area contributed by atoms with Gasteiger partial charge in [-0.15, -0.1) is 0 Å². The van der Waals surface area contributed by atoms with Crippen molar-refractivity contribution in [1.82, 2.24) is 0 Å². The van der Waals surface area contributed by atoms with Crippen molar-refractivity contribution in [2.24, 2.45) is 0 Å². The summed E-state index contributed by atoms with van der Waals surface area (Å²) in [5.74, 6) is -3.66. The van der Waals surface area contributed by atoms with E-state index < -0.39 is 5.92 Å². The van der Waals surface area contributed by atoms with Crippen molar-refractivity contribution in [3.8, 4) is 23.3 Å². The molecule has 0 bridgehead atoms. The Hall–Kier alpha value is -2.87. The van der Waals surface area contributed by atoms with Crippen LogP contribution >= 0.6 is 0 Å². The number of phenols is 1. The summed E-state index contributed by atoms with van der Waals surface area (Å²) in [5, 5.41) is 18.5. The molecule has 0 unspecified atom stereocenters. The first-order valence-corrected chi connectivity index (χ1v) is 6.00. The number of nitriles is 1. The molecule has 21 heavy (non-hydrogen) atoms. The zero-order chi connectivity index (χ0) is 15.5. The first-order valence-electron chi connectivity index (χ1n) is 6.00. The van der Waals surface area contributed by atoms with E-state index in [1.54, 1.807) is 6.07 Å². The van der Waals surface area contributed by atoms with Crippen LogP contribution in [0.3, 0.4) is 0 Å². The molecule has 3 nitrogen and oxygen atoms in total. The van der Waals surface area contributed by atoms with Gasteiger partial charge in [-0.25, -0.2) is 0 Å². The molecule has 0 heterocycles. The van der Waals surface area contributed by atoms with Gasteiger partial charge < -0.3 is 9.84 Å². The molecule has 2 rings (SSSR count). The lowest BCUT2D eigenvalue weighted by molar-refractivity contribution is 0.0502. The number of nitrogens with zero attached hydrogens (tertiary/aromatic N) is 1. The van der Waals surface area contributed by atoms with E-state index in [9.17, 15) is 13.9 Å². The summed E-state index contributed by atoms with van der Waals surface area (Å²) in [4.78, 5) is 0. The third kappa shape index (κ3) is 3.00. The maximum absolute atomic E-state index is 13.8. The molecule has 106 valence electrons. The van der Waals surface area contributed by atoms with Crippen LogP contribution in [0.15, 0.2) is 55.1 Å². The first-order chi connectivity index (χ1) is 9.97. The minimum atomic E-state index is -3.25. The third-order valence-electron chi connectivity index (χ3n) is 2.81. The molecule has 0 aromatic heterocycles. The Morgan fingerprint density at radius 1 is 1.19 bits per heavy atom. The standard InChI is InChI=1S/C16H11F2NO2/c1-2-16(17,18)12-5-3-4-6-14(12)21-15-8-7-11(10-19)9-13(15)20/h2-9,20H,1H2. The van der Waals surface area contributed by atoms with E-state index in [0.29, 0.717) is 6.08 Å². The Balaban J connectivity index is 2.42. The average molecular weight is 287 g/mol. The smallest absolute Gasteiger partial charge is 0.295 e. The van der Waals surface area contributed by atoms with Crippen LogP contribution in [-0.4, -0.2) is 5.11 Å². The van der Waals surface area contributed by atoms with Crippen molar-refractivity contribution in [3.63, 3.8) is 0 Å². The van der Waals surface area contributed by atoms with Gasteiger partial charge in [0.25, 0.3) is 5.92 Å². The molecule has 0 saturated carbocycles. The fourth-order valence-electron chi connectivity index (χ4n) is 1.73. The van der Waals surface area contributed by atoms with Crippen LogP contribution in [0.25, 0.3) is 0 Å². The fraction of sp³-hybridized carbons (Fsp3) is 0.0625. The minimum Gasteiger partial charge on any atom is -0.504 e. The summed E-state index contributed by atoms with van der Waals surface area (Å²) >= 11 is 0. The Labute approximate surface area is 120 Å². The second-order valence-corrected chi connectivity index (χ2v) is 4.22. The molecule has 0 aliphatic carbocycles. The average Bonchev–Trinajstić information content (AvgIpc) is 2.49. The van der Waals surface area contributed by atoms with Gasteiger partial charge in [0.1, 0.15) is 5.75 Å². The van der Waals surface area contributed by atoms with Gasteiger partial charge in [0.05, 0.1) is 17.2 Å². The lowest BCUT2D eigenvalue weighted by Gasteiger charge is -2.17. The number of halogens is 2. The van der Waals surface area contributed by atoms with Crippen LogP contribution in [0.2, 0.25) is 0 Å². The van der Waals surface area contributed by atoms with E-state index in [1.165, 1.54) is 36.4 Å². The predicted molar refractivity (Wildman–Crippen MR) is 73.4 cm³/mol. The van der Waals surface area contributed by atoms with Crippen molar-refractivity contribution >= 4 is 0 Å². The number of benzene rings is 2. The quantitative estimate of drug-likeness (QED) is 0.851. The highest BCUT2D eigenvalue weighted by Crippen LogP contribution is 2.39. The van der Waals surface area contributed by atoms with Gasteiger partial charge in [0.15, 0.2) is 11.5 Å². The molecule has 0 aliphatic heterocycles. The minimum absolute atomic E-state index is 0.0127. The molecule has 0 aliphatic rings. The largest absolute Gasteiger partial charge is 0.504 e. The molecule has 5 heteroatoms. The monoisotopic (exact) mass is 287 g/mol. The number of alkyl halides is 2. The van der Waals surface area contributed by atoms with Gasteiger partial charge in [-0.2, -0.15) is 14.0 Å². The predicted octanol–water partition coefficient (Wildman–Crippen LogP) is 4.33. The van der Waals surface area contributed by atoms with Gasteiger partial charge in [-0.3, -0.25) is 0 Å². The molecule has 0 saturated heterocycles. The molecule has 0 amide bonds. The third-order valence-corrected chi connectivity index (χ3v) is 2.81. The molecule has 2 aromatic rings. The molecule has 0 atom stereocenters. The Bertz CT molecular complexity index is 720. The fourth-order valence-corrected chi connectivity index (χ4v) is 1.73. The van der Waals surface area contributed by atoms with Crippen molar-refractivity contribution in [3.05, 3.63) is 66.2 Å². The van der Waals surface area contributed by atoms with Gasteiger partial charge in [-0.05, 0) is 30.3 Å². The lowest BCUT2D eigenvalue weighted by atomic mass is 10.1. The second-order valence-electron chi connectivity index (χ2n) is 4.22. The molecule has 0 fully saturated rings. The summed E-state index contributed by atoms with van der Waals surface area (Å²) in [6.07, 6.45) is 0.522. The van der Waals surface area contributed by atoms with Crippen molar-refractivity contribution < 1.29 is 18.6 Å². The molecule has 0 spiro atoms.